The van der Waals surface area contributed by atoms with Crippen LogP contribution in [0, 0.1) is 23.0 Å². The van der Waals surface area contributed by atoms with Gasteiger partial charge in [-0.05, 0) is 29.8 Å². The average Bonchev–Trinajstić information content (AvgIpc) is 2.62. The average molecular weight is 357 g/mol. The van der Waals surface area contributed by atoms with Crippen LogP contribution in [-0.2, 0) is 11.3 Å². The highest BCUT2D eigenvalue weighted by atomic mass is 19.1. The lowest BCUT2D eigenvalue weighted by molar-refractivity contribution is -0.130. The maximum atomic E-state index is 13.5. The maximum absolute atomic E-state index is 13.5. The molecule has 0 saturated carbocycles. The molecule has 7 heteroatoms. The summed E-state index contributed by atoms with van der Waals surface area (Å²) in [6, 6.07) is 11.6. The number of halogens is 2. The van der Waals surface area contributed by atoms with Crippen molar-refractivity contribution in [1.82, 2.24) is 10.2 Å². The molecule has 0 bridgehead atoms. The molecule has 0 unspecified atom stereocenters. The molecule has 26 heavy (non-hydrogen) atoms. The van der Waals surface area contributed by atoms with Gasteiger partial charge in [0.05, 0.1) is 17.2 Å². The number of nitriles is 1. The predicted octanol–water partition coefficient (Wildman–Crippen LogP) is 2.61. The Balaban J connectivity index is 1.81. The highest BCUT2D eigenvalue weighted by Crippen LogP contribution is 2.10. The van der Waals surface area contributed by atoms with Gasteiger partial charge in [0.25, 0.3) is 5.91 Å². The third-order valence-electron chi connectivity index (χ3n) is 3.73. The van der Waals surface area contributed by atoms with Gasteiger partial charge in [0, 0.05) is 32.6 Å². The molecule has 0 heterocycles. The van der Waals surface area contributed by atoms with Gasteiger partial charge in [-0.15, -0.1) is 0 Å². The molecular weight excluding hydrogens is 340 g/mol. The van der Waals surface area contributed by atoms with Crippen LogP contribution in [0.4, 0.5) is 8.78 Å². The van der Waals surface area contributed by atoms with E-state index in [4.69, 9.17) is 5.26 Å². The molecule has 0 spiro atoms. The standard InChI is InChI=1S/C19H17F2N3O2/c1-24(12-14-4-2-13(11-22)3-5-14)18(25)8-9-23-19(26)16-7-6-15(20)10-17(16)21/h2-7,10H,8-9,12H2,1H3,(H,23,26). The van der Waals surface area contributed by atoms with E-state index in [1.165, 1.54) is 4.90 Å². The summed E-state index contributed by atoms with van der Waals surface area (Å²) < 4.78 is 26.4. The van der Waals surface area contributed by atoms with Gasteiger partial charge >= 0.3 is 0 Å². The quantitative estimate of drug-likeness (QED) is 0.864. The third kappa shape index (κ3) is 5.11. The molecule has 0 aliphatic carbocycles. The van der Waals surface area contributed by atoms with Crippen molar-refractivity contribution < 1.29 is 18.4 Å². The molecule has 2 rings (SSSR count). The Morgan fingerprint density at radius 3 is 2.46 bits per heavy atom. The highest BCUT2D eigenvalue weighted by molar-refractivity contribution is 5.94. The first kappa shape index (κ1) is 19.1. The number of nitrogens with zero attached hydrogens (tertiary/aromatic N) is 2. The highest BCUT2D eigenvalue weighted by Gasteiger charge is 2.14. The topological polar surface area (TPSA) is 73.2 Å². The van der Waals surface area contributed by atoms with E-state index in [1.54, 1.807) is 31.3 Å². The van der Waals surface area contributed by atoms with Gasteiger partial charge in [0.15, 0.2) is 0 Å². The molecule has 0 aromatic heterocycles. The molecule has 1 N–H and O–H groups in total. The number of carbonyl (C=O) groups is 2. The normalized spacial score (nSPS) is 10.1. The Morgan fingerprint density at radius 2 is 1.85 bits per heavy atom. The summed E-state index contributed by atoms with van der Waals surface area (Å²) in [4.78, 5) is 25.4. The maximum Gasteiger partial charge on any atom is 0.254 e. The van der Waals surface area contributed by atoms with Crippen molar-refractivity contribution in [3.8, 4) is 6.07 Å². The van der Waals surface area contributed by atoms with Gasteiger partial charge in [-0.3, -0.25) is 9.59 Å². The minimum Gasteiger partial charge on any atom is -0.351 e. The van der Waals surface area contributed by atoms with Gasteiger partial charge in [-0.2, -0.15) is 5.26 Å². The molecule has 0 radical (unpaired) electrons. The fraction of sp³-hybridized carbons (Fsp3) is 0.211. The second kappa shape index (κ2) is 8.72. The number of hydrogen-bond donors (Lipinski definition) is 1. The molecular formula is C19H17F2N3O2. The zero-order valence-corrected chi connectivity index (χ0v) is 14.1. The number of amides is 2. The fourth-order valence-electron chi connectivity index (χ4n) is 2.29. The molecule has 5 nitrogen and oxygen atoms in total. The summed E-state index contributed by atoms with van der Waals surface area (Å²) in [5.74, 6) is -2.62. The van der Waals surface area contributed by atoms with E-state index in [0.29, 0.717) is 18.2 Å². The summed E-state index contributed by atoms with van der Waals surface area (Å²) in [6.07, 6.45) is 0.0430. The largest absolute Gasteiger partial charge is 0.351 e. The Hall–Kier alpha value is -3.27. The second-order valence-corrected chi connectivity index (χ2v) is 5.69. The third-order valence-corrected chi connectivity index (χ3v) is 3.73. The SMILES string of the molecule is CN(Cc1ccc(C#N)cc1)C(=O)CCNC(=O)c1ccc(F)cc1F. The summed E-state index contributed by atoms with van der Waals surface area (Å²) in [5, 5.41) is 11.2. The first-order chi connectivity index (χ1) is 12.4. The monoisotopic (exact) mass is 357 g/mol. The van der Waals surface area contributed by atoms with E-state index in [2.05, 4.69) is 5.32 Å². The van der Waals surface area contributed by atoms with Crippen LogP contribution in [0.5, 0.6) is 0 Å². The molecule has 0 aliphatic heterocycles. The van der Waals surface area contributed by atoms with E-state index in [-0.39, 0.29) is 24.4 Å². The van der Waals surface area contributed by atoms with E-state index in [9.17, 15) is 18.4 Å². The molecule has 0 fully saturated rings. The van der Waals surface area contributed by atoms with Crippen molar-refractivity contribution in [3.63, 3.8) is 0 Å². The zero-order valence-electron chi connectivity index (χ0n) is 14.1. The van der Waals surface area contributed by atoms with Gasteiger partial charge in [0.1, 0.15) is 11.6 Å². The molecule has 0 aliphatic rings. The van der Waals surface area contributed by atoms with Crippen LogP contribution < -0.4 is 5.32 Å². The van der Waals surface area contributed by atoms with Crippen molar-refractivity contribution in [2.75, 3.05) is 13.6 Å². The molecule has 2 aromatic carbocycles. The smallest absolute Gasteiger partial charge is 0.254 e. The van der Waals surface area contributed by atoms with Crippen LogP contribution in [0.25, 0.3) is 0 Å². The van der Waals surface area contributed by atoms with Crippen molar-refractivity contribution in [2.45, 2.75) is 13.0 Å². The van der Waals surface area contributed by atoms with Crippen molar-refractivity contribution in [1.29, 1.82) is 5.26 Å². The van der Waals surface area contributed by atoms with E-state index >= 15 is 0 Å². The summed E-state index contributed by atoms with van der Waals surface area (Å²) in [7, 11) is 1.63. The lowest BCUT2D eigenvalue weighted by Crippen LogP contribution is -2.32. The van der Waals surface area contributed by atoms with Crippen LogP contribution in [0.1, 0.15) is 27.9 Å². The van der Waals surface area contributed by atoms with Crippen LogP contribution >= 0.6 is 0 Å². The van der Waals surface area contributed by atoms with Crippen molar-refractivity contribution in [3.05, 3.63) is 70.8 Å². The van der Waals surface area contributed by atoms with Gasteiger partial charge in [-0.1, -0.05) is 12.1 Å². The van der Waals surface area contributed by atoms with E-state index in [0.717, 1.165) is 17.7 Å². The predicted molar refractivity (Wildman–Crippen MR) is 90.9 cm³/mol. The number of rotatable bonds is 6. The van der Waals surface area contributed by atoms with E-state index < -0.39 is 17.5 Å². The minimum atomic E-state index is -0.952. The Kier molecular flexibility index (Phi) is 6.39. The van der Waals surface area contributed by atoms with Crippen LogP contribution in [-0.4, -0.2) is 30.3 Å². The Bertz CT molecular complexity index is 845. The molecule has 0 atom stereocenters. The minimum absolute atomic E-state index is 0.0339. The lowest BCUT2D eigenvalue weighted by atomic mass is 10.1. The molecule has 134 valence electrons. The second-order valence-electron chi connectivity index (χ2n) is 5.69. The van der Waals surface area contributed by atoms with Crippen LogP contribution in [0.3, 0.4) is 0 Å². The summed E-state index contributed by atoms with van der Waals surface area (Å²) in [5.41, 5.74) is 1.14. The van der Waals surface area contributed by atoms with Crippen LogP contribution in [0.15, 0.2) is 42.5 Å². The fourth-order valence-corrected chi connectivity index (χ4v) is 2.29. The van der Waals surface area contributed by atoms with Crippen molar-refractivity contribution >= 4 is 11.8 Å². The molecule has 2 aromatic rings. The van der Waals surface area contributed by atoms with Gasteiger partial charge in [0.2, 0.25) is 5.91 Å². The first-order valence-electron chi connectivity index (χ1n) is 7.87. The van der Waals surface area contributed by atoms with Crippen LogP contribution in [0.2, 0.25) is 0 Å². The molecule has 0 saturated heterocycles. The van der Waals surface area contributed by atoms with Crippen molar-refractivity contribution in [2.24, 2.45) is 0 Å². The van der Waals surface area contributed by atoms with Gasteiger partial charge < -0.3 is 10.2 Å². The number of nitrogens with one attached hydrogen (secondary N) is 1. The number of hydrogen-bond acceptors (Lipinski definition) is 3. The summed E-state index contributed by atoms with van der Waals surface area (Å²) >= 11 is 0. The van der Waals surface area contributed by atoms with E-state index in [1.807, 2.05) is 6.07 Å². The first-order valence-corrected chi connectivity index (χ1v) is 7.87. The zero-order chi connectivity index (χ0) is 19.1. The van der Waals surface area contributed by atoms with Gasteiger partial charge in [-0.25, -0.2) is 8.78 Å². The number of carbonyl (C=O) groups excluding carboxylic acids is 2. The Labute approximate surface area is 149 Å². The number of benzene rings is 2. The lowest BCUT2D eigenvalue weighted by Gasteiger charge is -2.17. The Morgan fingerprint density at radius 1 is 1.15 bits per heavy atom. The molecule has 2 amide bonds. The summed E-state index contributed by atoms with van der Waals surface area (Å²) in [6.45, 7) is 0.400.